The minimum atomic E-state index is 0.326. The first-order valence-electron chi connectivity index (χ1n) is 5.37. The van der Waals surface area contributed by atoms with Crippen molar-refractivity contribution in [2.45, 2.75) is 40.2 Å². The average molecular weight is 246 g/mol. The summed E-state index contributed by atoms with van der Waals surface area (Å²) >= 11 is 7.54. The average Bonchev–Trinajstić information content (AvgIpc) is 2.49. The Labute approximate surface area is 102 Å². The molecule has 0 amide bonds. The van der Waals surface area contributed by atoms with Crippen LogP contribution in [0.3, 0.4) is 0 Å². The van der Waals surface area contributed by atoms with Crippen LogP contribution in [0.25, 0.3) is 0 Å². The summed E-state index contributed by atoms with van der Waals surface area (Å²) in [6.45, 7) is 10.0. The number of rotatable bonds is 4. The van der Waals surface area contributed by atoms with E-state index in [9.17, 15) is 0 Å². The molecule has 1 atom stereocenters. The van der Waals surface area contributed by atoms with Gasteiger partial charge in [-0.15, -0.1) is 11.3 Å². The van der Waals surface area contributed by atoms with Crippen LogP contribution in [0.5, 0.6) is 0 Å². The second-order valence-electron chi connectivity index (χ2n) is 5.00. The normalized spacial score (nSPS) is 14.2. The molecule has 1 aromatic heterocycles. The molecule has 1 nitrogen and oxygen atoms in total. The van der Waals surface area contributed by atoms with Gasteiger partial charge in [0.15, 0.2) is 0 Å². The second kappa shape index (κ2) is 5.33. The van der Waals surface area contributed by atoms with E-state index in [1.165, 1.54) is 4.88 Å². The van der Waals surface area contributed by atoms with E-state index >= 15 is 0 Å². The van der Waals surface area contributed by atoms with Crippen molar-refractivity contribution in [2.75, 3.05) is 6.54 Å². The van der Waals surface area contributed by atoms with Crippen LogP contribution in [0.15, 0.2) is 12.1 Å². The molecule has 0 radical (unpaired) electrons. The molecule has 0 saturated carbocycles. The van der Waals surface area contributed by atoms with Gasteiger partial charge in [-0.25, -0.2) is 0 Å². The maximum absolute atomic E-state index is 5.87. The molecule has 0 bridgehead atoms. The molecule has 1 unspecified atom stereocenters. The van der Waals surface area contributed by atoms with Gasteiger partial charge >= 0.3 is 0 Å². The molecule has 1 rings (SSSR count). The number of halogens is 1. The minimum absolute atomic E-state index is 0.326. The zero-order valence-corrected chi connectivity index (χ0v) is 11.5. The summed E-state index contributed by atoms with van der Waals surface area (Å²) in [5, 5.41) is 3.54. The highest BCUT2D eigenvalue weighted by molar-refractivity contribution is 7.16. The third-order valence-electron chi connectivity index (χ3n) is 2.75. The Morgan fingerprint density at radius 2 is 2.07 bits per heavy atom. The van der Waals surface area contributed by atoms with Gasteiger partial charge in [0.2, 0.25) is 0 Å². The summed E-state index contributed by atoms with van der Waals surface area (Å²) in [5.74, 6) is 0. The predicted molar refractivity (Wildman–Crippen MR) is 70.0 cm³/mol. The fourth-order valence-corrected chi connectivity index (χ4v) is 2.29. The van der Waals surface area contributed by atoms with Gasteiger partial charge in [-0.05, 0) is 30.9 Å². The maximum Gasteiger partial charge on any atom is 0.0931 e. The van der Waals surface area contributed by atoms with Gasteiger partial charge in [0, 0.05) is 17.5 Å². The van der Waals surface area contributed by atoms with E-state index < -0.39 is 0 Å². The summed E-state index contributed by atoms with van der Waals surface area (Å²) in [6, 6.07) is 4.61. The SMILES string of the molecule is CC(NCCc1ccc(Cl)s1)C(C)(C)C. The lowest BCUT2D eigenvalue weighted by Crippen LogP contribution is -2.38. The van der Waals surface area contributed by atoms with Gasteiger partial charge in [0.05, 0.1) is 4.34 Å². The van der Waals surface area contributed by atoms with E-state index in [0.29, 0.717) is 11.5 Å². The first-order chi connectivity index (χ1) is 6.89. The van der Waals surface area contributed by atoms with Crippen molar-refractivity contribution in [2.24, 2.45) is 5.41 Å². The fraction of sp³-hybridized carbons (Fsp3) is 0.667. The van der Waals surface area contributed by atoms with Crippen molar-refractivity contribution >= 4 is 22.9 Å². The molecule has 3 heteroatoms. The lowest BCUT2D eigenvalue weighted by Gasteiger charge is -2.28. The van der Waals surface area contributed by atoms with Gasteiger partial charge in [-0.3, -0.25) is 0 Å². The van der Waals surface area contributed by atoms with E-state index in [4.69, 9.17) is 11.6 Å². The highest BCUT2D eigenvalue weighted by atomic mass is 35.5. The Morgan fingerprint density at radius 1 is 1.40 bits per heavy atom. The predicted octanol–water partition coefficient (Wildman–Crippen LogP) is 3.97. The zero-order valence-electron chi connectivity index (χ0n) is 9.93. The fourth-order valence-electron chi connectivity index (χ4n) is 1.20. The third kappa shape index (κ3) is 4.54. The topological polar surface area (TPSA) is 12.0 Å². The summed E-state index contributed by atoms with van der Waals surface area (Å²) in [4.78, 5) is 1.36. The van der Waals surface area contributed by atoms with Crippen molar-refractivity contribution in [3.63, 3.8) is 0 Å². The smallest absolute Gasteiger partial charge is 0.0931 e. The van der Waals surface area contributed by atoms with E-state index in [0.717, 1.165) is 17.3 Å². The molecule has 86 valence electrons. The molecule has 1 aromatic rings. The summed E-state index contributed by atoms with van der Waals surface area (Å²) in [5.41, 5.74) is 0.326. The molecule has 0 aliphatic carbocycles. The van der Waals surface area contributed by atoms with Gasteiger partial charge in [-0.1, -0.05) is 32.4 Å². The van der Waals surface area contributed by atoms with Crippen molar-refractivity contribution in [3.8, 4) is 0 Å². The number of hydrogen-bond donors (Lipinski definition) is 1. The van der Waals surface area contributed by atoms with Crippen molar-refractivity contribution in [1.82, 2.24) is 5.32 Å². The Kier molecular flexibility index (Phi) is 4.63. The van der Waals surface area contributed by atoms with Crippen LogP contribution in [0.2, 0.25) is 4.34 Å². The molecule has 1 N–H and O–H groups in total. The van der Waals surface area contributed by atoms with Gasteiger partial charge in [0.1, 0.15) is 0 Å². The van der Waals surface area contributed by atoms with Crippen molar-refractivity contribution in [1.29, 1.82) is 0 Å². The van der Waals surface area contributed by atoms with Crippen molar-refractivity contribution < 1.29 is 0 Å². The van der Waals surface area contributed by atoms with Crippen LogP contribution in [-0.2, 0) is 6.42 Å². The molecule has 0 saturated heterocycles. The van der Waals surface area contributed by atoms with Gasteiger partial charge in [-0.2, -0.15) is 0 Å². The lowest BCUT2D eigenvalue weighted by atomic mass is 9.88. The molecule has 0 aliphatic heterocycles. The first-order valence-corrected chi connectivity index (χ1v) is 6.56. The maximum atomic E-state index is 5.87. The number of nitrogens with one attached hydrogen (secondary N) is 1. The molecule has 0 aromatic carbocycles. The Morgan fingerprint density at radius 3 is 2.53 bits per heavy atom. The van der Waals surface area contributed by atoms with Crippen LogP contribution in [0.4, 0.5) is 0 Å². The van der Waals surface area contributed by atoms with E-state index in [-0.39, 0.29) is 0 Å². The van der Waals surface area contributed by atoms with Crippen molar-refractivity contribution in [3.05, 3.63) is 21.3 Å². The van der Waals surface area contributed by atoms with Gasteiger partial charge < -0.3 is 5.32 Å². The monoisotopic (exact) mass is 245 g/mol. The molecular weight excluding hydrogens is 226 g/mol. The Bertz CT molecular complexity index is 301. The molecule has 0 fully saturated rings. The van der Waals surface area contributed by atoms with Gasteiger partial charge in [0.25, 0.3) is 0 Å². The second-order valence-corrected chi connectivity index (χ2v) is 6.80. The first kappa shape index (κ1) is 13.0. The standard InChI is InChI=1S/C12H20ClNS/c1-9(12(2,3)4)14-8-7-10-5-6-11(13)15-10/h5-6,9,14H,7-8H2,1-4H3. The lowest BCUT2D eigenvalue weighted by molar-refractivity contribution is 0.288. The van der Waals surface area contributed by atoms with E-state index in [1.807, 2.05) is 6.07 Å². The molecule has 15 heavy (non-hydrogen) atoms. The van der Waals surface area contributed by atoms with Crippen LogP contribution in [0, 0.1) is 5.41 Å². The van der Waals surface area contributed by atoms with E-state index in [2.05, 4.69) is 39.1 Å². The molecular formula is C12H20ClNS. The van der Waals surface area contributed by atoms with Crippen LogP contribution < -0.4 is 5.32 Å². The van der Waals surface area contributed by atoms with Crippen LogP contribution >= 0.6 is 22.9 Å². The zero-order chi connectivity index (χ0) is 11.5. The van der Waals surface area contributed by atoms with Crippen LogP contribution in [-0.4, -0.2) is 12.6 Å². The largest absolute Gasteiger partial charge is 0.313 e. The summed E-state index contributed by atoms with van der Waals surface area (Å²) in [6.07, 6.45) is 1.07. The highest BCUT2D eigenvalue weighted by Crippen LogP contribution is 2.22. The van der Waals surface area contributed by atoms with E-state index in [1.54, 1.807) is 11.3 Å². The summed E-state index contributed by atoms with van der Waals surface area (Å²) in [7, 11) is 0. The Balaban J connectivity index is 2.28. The molecule has 1 heterocycles. The highest BCUT2D eigenvalue weighted by Gasteiger charge is 2.18. The number of hydrogen-bond acceptors (Lipinski definition) is 2. The summed E-state index contributed by atoms with van der Waals surface area (Å²) < 4.78 is 0.883. The molecule has 0 spiro atoms. The molecule has 0 aliphatic rings. The number of thiophene rings is 1. The minimum Gasteiger partial charge on any atom is -0.313 e. The third-order valence-corrected chi connectivity index (χ3v) is 4.04. The van der Waals surface area contributed by atoms with Crippen LogP contribution in [0.1, 0.15) is 32.6 Å². The quantitative estimate of drug-likeness (QED) is 0.847. The Hall–Kier alpha value is -0.0500.